The van der Waals surface area contributed by atoms with Crippen LogP contribution in [0.4, 0.5) is 0 Å². The van der Waals surface area contributed by atoms with E-state index >= 15 is 0 Å². The quantitative estimate of drug-likeness (QED) is 0.814. The first-order chi connectivity index (χ1) is 11.4. The first-order valence-electron chi connectivity index (χ1n) is 8.07. The lowest BCUT2D eigenvalue weighted by Gasteiger charge is -2.24. The Balaban J connectivity index is 1.31. The third kappa shape index (κ3) is 2.39. The van der Waals surface area contributed by atoms with Gasteiger partial charge in [0.1, 0.15) is 30.5 Å². The van der Waals surface area contributed by atoms with Gasteiger partial charge in [-0.2, -0.15) is 0 Å². The number of fused-ring (bicyclic) bond motifs is 4. The van der Waals surface area contributed by atoms with Crippen molar-refractivity contribution < 1.29 is 18.9 Å². The van der Waals surface area contributed by atoms with Crippen LogP contribution in [-0.2, 0) is 25.6 Å². The van der Waals surface area contributed by atoms with Gasteiger partial charge in [0.05, 0.1) is 6.61 Å². The van der Waals surface area contributed by atoms with E-state index in [0.717, 1.165) is 11.1 Å². The number of epoxide rings is 1. The maximum atomic E-state index is 6.15. The Bertz CT molecular complexity index is 674. The summed E-state index contributed by atoms with van der Waals surface area (Å²) in [5.74, 6) is 0. The predicted octanol–water partition coefficient (Wildman–Crippen LogP) is 2.84. The van der Waals surface area contributed by atoms with Crippen LogP contribution in [0.15, 0.2) is 60.7 Å². The molecule has 4 heteroatoms. The number of hydrogen-bond acceptors (Lipinski definition) is 4. The number of ether oxygens (including phenoxy) is 4. The van der Waals surface area contributed by atoms with Gasteiger partial charge in [-0.05, 0) is 11.1 Å². The van der Waals surface area contributed by atoms with Crippen LogP contribution in [0, 0.1) is 0 Å². The summed E-state index contributed by atoms with van der Waals surface area (Å²) in [5, 5.41) is 0. The van der Waals surface area contributed by atoms with E-state index < -0.39 is 0 Å². The molecule has 2 aromatic carbocycles. The second kappa shape index (κ2) is 5.42. The third-order valence-electron chi connectivity index (χ3n) is 4.76. The molecular weight excluding hydrogens is 292 g/mol. The molecule has 2 bridgehead atoms. The van der Waals surface area contributed by atoms with Crippen LogP contribution in [0.1, 0.15) is 17.2 Å². The summed E-state index contributed by atoms with van der Waals surface area (Å²) in [7, 11) is 0. The Labute approximate surface area is 134 Å². The summed E-state index contributed by atoms with van der Waals surface area (Å²) in [5.41, 5.74) is 2.28. The summed E-state index contributed by atoms with van der Waals surface area (Å²) in [6.45, 7) is 0.544. The zero-order chi connectivity index (χ0) is 15.2. The monoisotopic (exact) mass is 310 g/mol. The molecule has 3 fully saturated rings. The van der Waals surface area contributed by atoms with Crippen LogP contribution in [0.5, 0.6) is 0 Å². The van der Waals surface area contributed by atoms with Gasteiger partial charge in [-0.25, -0.2) is 0 Å². The molecule has 0 radical (unpaired) electrons. The molecule has 0 spiro atoms. The normalized spacial score (nSPS) is 37.4. The molecule has 0 aromatic heterocycles. The highest BCUT2D eigenvalue weighted by Crippen LogP contribution is 2.50. The Morgan fingerprint density at radius 1 is 0.739 bits per heavy atom. The van der Waals surface area contributed by atoms with Gasteiger partial charge in [-0.15, -0.1) is 0 Å². The highest BCUT2D eigenvalue weighted by Gasteiger charge is 2.65. The largest absolute Gasteiger partial charge is 0.365 e. The summed E-state index contributed by atoms with van der Waals surface area (Å²) in [6, 6.07) is 20.3. The average Bonchev–Trinajstić information content (AvgIpc) is 3.31. The molecule has 3 aliphatic heterocycles. The van der Waals surface area contributed by atoms with Crippen LogP contribution in [0.2, 0.25) is 0 Å². The number of benzene rings is 2. The van der Waals surface area contributed by atoms with E-state index in [-0.39, 0.29) is 36.8 Å². The van der Waals surface area contributed by atoms with E-state index in [9.17, 15) is 0 Å². The van der Waals surface area contributed by atoms with Crippen LogP contribution in [-0.4, -0.2) is 30.7 Å². The molecule has 3 heterocycles. The van der Waals surface area contributed by atoms with Gasteiger partial charge in [0, 0.05) is 0 Å². The van der Waals surface area contributed by atoms with Gasteiger partial charge in [0.25, 0.3) is 0 Å². The van der Waals surface area contributed by atoms with Gasteiger partial charge >= 0.3 is 0 Å². The standard InChI is InChI=1S/C19H18O4/c1-3-7-12(8-4-1)11-20-18-17-16(21-17)15-14(22-19(18)23-15)13-9-5-2-6-10-13/h1-10,14-19H,11H2. The molecule has 3 aliphatic rings. The minimum absolute atomic E-state index is 0.0241. The maximum Gasteiger partial charge on any atom is 0.187 e. The summed E-state index contributed by atoms with van der Waals surface area (Å²) in [6.07, 6.45) is -0.427. The topological polar surface area (TPSA) is 40.2 Å². The van der Waals surface area contributed by atoms with Crippen molar-refractivity contribution in [1.82, 2.24) is 0 Å². The molecule has 6 atom stereocenters. The molecular formula is C19H18O4. The minimum atomic E-state index is -0.349. The Morgan fingerprint density at radius 2 is 1.48 bits per heavy atom. The lowest BCUT2D eigenvalue weighted by molar-refractivity contribution is -0.173. The summed E-state index contributed by atoms with van der Waals surface area (Å²) in [4.78, 5) is 0. The Morgan fingerprint density at radius 3 is 2.26 bits per heavy atom. The number of rotatable bonds is 4. The molecule has 5 rings (SSSR count). The average molecular weight is 310 g/mol. The minimum Gasteiger partial charge on any atom is -0.365 e. The zero-order valence-electron chi connectivity index (χ0n) is 12.6. The highest BCUT2D eigenvalue weighted by molar-refractivity contribution is 5.23. The van der Waals surface area contributed by atoms with Gasteiger partial charge < -0.3 is 18.9 Å². The number of hydrogen-bond donors (Lipinski definition) is 0. The Kier molecular flexibility index (Phi) is 3.23. The molecule has 118 valence electrons. The lowest BCUT2D eigenvalue weighted by atomic mass is 9.99. The van der Waals surface area contributed by atoms with Crippen molar-refractivity contribution in [3.05, 3.63) is 71.8 Å². The fraction of sp³-hybridized carbons (Fsp3) is 0.368. The second-order valence-corrected chi connectivity index (χ2v) is 6.26. The van der Waals surface area contributed by atoms with E-state index in [2.05, 4.69) is 24.3 Å². The summed E-state index contributed by atoms with van der Waals surface area (Å²) < 4.78 is 24.1. The SMILES string of the molecule is c1ccc(COC2C3OC(c4ccccc4)C(O3)C3OC23)cc1. The van der Waals surface area contributed by atoms with E-state index in [1.807, 2.05) is 36.4 Å². The van der Waals surface area contributed by atoms with Gasteiger partial charge in [-0.3, -0.25) is 0 Å². The third-order valence-corrected chi connectivity index (χ3v) is 4.76. The molecule has 4 nitrogen and oxygen atoms in total. The first kappa shape index (κ1) is 13.7. The fourth-order valence-corrected chi connectivity index (χ4v) is 3.56. The van der Waals surface area contributed by atoms with Crippen LogP contribution < -0.4 is 0 Å². The van der Waals surface area contributed by atoms with E-state index in [4.69, 9.17) is 18.9 Å². The second-order valence-electron chi connectivity index (χ2n) is 6.26. The maximum absolute atomic E-state index is 6.15. The fourth-order valence-electron chi connectivity index (χ4n) is 3.56. The molecule has 23 heavy (non-hydrogen) atoms. The van der Waals surface area contributed by atoms with Crippen molar-refractivity contribution in [2.24, 2.45) is 0 Å². The van der Waals surface area contributed by atoms with Crippen LogP contribution in [0.3, 0.4) is 0 Å². The van der Waals surface area contributed by atoms with Gasteiger partial charge in [0.2, 0.25) is 0 Å². The van der Waals surface area contributed by atoms with Crippen LogP contribution in [0.25, 0.3) is 0 Å². The first-order valence-corrected chi connectivity index (χ1v) is 8.07. The lowest BCUT2D eigenvalue weighted by Crippen LogP contribution is -2.41. The molecule has 0 amide bonds. The van der Waals surface area contributed by atoms with Crippen molar-refractivity contribution in [2.75, 3.05) is 0 Å². The molecule has 6 unspecified atom stereocenters. The Hall–Kier alpha value is -1.72. The smallest absolute Gasteiger partial charge is 0.187 e. The molecule has 0 N–H and O–H groups in total. The molecule has 0 aliphatic carbocycles. The van der Waals surface area contributed by atoms with Crippen molar-refractivity contribution in [2.45, 2.75) is 43.4 Å². The van der Waals surface area contributed by atoms with Crippen molar-refractivity contribution >= 4 is 0 Å². The molecule has 2 aromatic rings. The van der Waals surface area contributed by atoms with Gasteiger partial charge in [-0.1, -0.05) is 60.7 Å². The van der Waals surface area contributed by atoms with Crippen LogP contribution >= 0.6 is 0 Å². The van der Waals surface area contributed by atoms with Crippen molar-refractivity contribution in [3.8, 4) is 0 Å². The van der Waals surface area contributed by atoms with Crippen molar-refractivity contribution in [3.63, 3.8) is 0 Å². The van der Waals surface area contributed by atoms with E-state index in [1.165, 1.54) is 0 Å². The van der Waals surface area contributed by atoms with Gasteiger partial charge in [0.15, 0.2) is 6.29 Å². The zero-order valence-corrected chi connectivity index (χ0v) is 12.6. The van der Waals surface area contributed by atoms with Crippen molar-refractivity contribution in [1.29, 1.82) is 0 Å². The molecule has 3 saturated heterocycles. The van der Waals surface area contributed by atoms with E-state index in [1.54, 1.807) is 0 Å². The molecule has 0 saturated carbocycles. The summed E-state index contributed by atoms with van der Waals surface area (Å²) >= 11 is 0. The highest BCUT2D eigenvalue weighted by atomic mass is 16.8. The predicted molar refractivity (Wildman–Crippen MR) is 82.6 cm³/mol. The van der Waals surface area contributed by atoms with E-state index in [0.29, 0.717) is 6.61 Å².